The first kappa shape index (κ1) is 19.9. The van der Waals surface area contributed by atoms with Crippen molar-refractivity contribution in [3.63, 3.8) is 0 Å². The molecule has 0 spiro atoms. The molecule has 0 aliphatic carbocycles. The minimum atomic E-state index is -0.866. The number of Topliss-reactive ketones (excluding diaryl/α,β-unsaturated/α-hetero) is 1. The normalized spacial score (nSPS) is 17.6. The number of carbonyl (C=O) groups is 2. The number of para-hydroxylation sites is 2. The first-order valence-corrected chi connectivity index (χ1v) is 10.8. The number of aromatic nitrogens is 3. The van der Waals surface area contributed by atoms with E-state index in [1.54, 1.807) is 30.6 Å². The van der Waals surface area contributed by atoms with Crippen LogP contribution in [0.15, 0.2) is 96.8 Å². The molecule has 1 atom stereocenters. The number of nitrogens with zero attached hydrogens (tertiary/aromatic N) is 3. The number of anilines is 1. The molecule has 2 aromatic heterocycles. The first-order valence-electron chi connectivity index (χ1n) is 10.8. The van der Waals surface area contributed by atoms with Crippen LogP contribution in [0.2, 0.25) is 0 Å². The van der Waals surface area contributed by atoms with Gasteiger partial charge < -0.3 is 10.1 Å². The third-order valence-corrected chi connectivity index (χ3v) is 6.09. The van der Waals surface area contributed by atoms with Gasteiger partial charge in [-0.05, 0) is 46.7 Å². The smallest absolute Gasteiger partial charge is 0.302 e. The zero-order valence-electron chi connectivity index (χ0n) is 17.8. The van der Waals surface area contributed by atoms with Crippen LogP contribution in [0.3, 0.4) is 0 Å². The van der Waals surface area contributed by atoms with Crippen LogP contribution < -0.4 is 4.90 Å². The predicted molar refractivity (Wildman–Crippen MR) is 129 cm³/mol. The highest BCUT2D eigenvalue weighted by molar-refractivity contribution is 6.51. The Balaban J connectivity index is 1.57. The summed E-state index contributed by atoms with van der Waals surface area (Å²) in [6, 6.07) is 23.1. The van der Waals surface area contributed by atoms with Crippen LogP contribution in [0.4, 0.5) is 5.95 Å². The van der Waals surface area contributed by atoms with E-state index in [2.05, 4.69) is 15.0 Å². The number of benzene rings is 3. The summed E-state index contributed by atoms with van der Waals surface area (Å²) in [5, 5.41) is 13.3. The van der Waals surface area contributed by atoms with E-state index in [-0.39, 0.29) is 17.3 Å². The minimum Gasteiger partial charge on any atom is -0.507 e. The molecule has 7 heteroatoms. The summed E-state index contributed by atoms with van der Waals surface area (Å²) in [6.45, 7) is 0. The number of hydrogen-bond acceptors (Lipinski definition) is 5. The molecule has 7 nitrogen and oxygen atoms in total. The van der Waals surface area contributed by atoms with Crippen molar-refractivity contribution in [1.82, 2.24) is 15.0 Å². The van der Waals surface area contributed by atoms with E-state index in [9.17, 15) is 14.7 Å². The fraction of sp³-hybridized carbons (Fsp3) is 0.0370. The molecular weight excluding hydrogens is 428 g/mol. The lowest BCUT2D eigenvalue weighted by Gasteiger charge is -2.22. The largest absolute Gasteiger partial charge is 0.507 e. The molecule has 1 saturated heterocycles. The Morgan fingerprint density at radius 2 is 1.62 bits per heavy atom. The molecule has 0 bridgehead atoms. The third-order valence-electron chi connectivity index (χ3n) is 6.09. The van der Waals surface area contributed by atoms with E-state index in [1.807, 2.05) is 60.7 Å². The molecular formula is C27H18N4O3. The number of ketones is 1. The average Bonchev–Trinajstić information content (AvgIpc) is 3.42. The molecule has 34 heavy (non-hydrogen) atoms. The van der Waals surface area contributed by atoms with Gasteiger partial charge in [0.05, 0.1) is 22.6 Å². The Bertz CT molecular complexity index is 1590. The highest BCUT2D eigenvalue weighted by Crippen LogP contribution is 2.41. The summed E-state index contributed by atoms with van der Waals surface area (Å²) >= 11 is 0. The number of hydrogen-bond donors (Lipinski definition) is 2. The molecule has 164 valence electrons. The number of nitrogens with one attached hydrogen (secondary N) is 1. The summed E-state index contributed by atoms with van der Waals surface area (Å²) in [4.78, 5) is 39.6. The fourth-order valence-corrected chi connectivity index (χ4v) is 4.46. The second kappa shape index (κ2) is 7.67. The van der Waals surface area contributed by atoms with Gasteiger partial charge in [-0.15, -0.1) is 0 Å². The molecule has 6 rings (SSSR count). The van der Waals surface area contributed by atoms with Crippen molar-refractivity contribution in [2.75, 3.05) is 4.90 Å². The number of fused-ring (bicyclic) bond motifs is 2. The molecule has 3 aromatic carbocycles. The third kappa shape index (κ3) is 3.06. The van der Waals surface area contributed by atoms with Crippen molar-refractivity contribution in [3.05, 3.63) is 108 Å². The number of pyridine rings is 1. The van der Waals surface area contributed by atoms with Gasteiger partial charge in [0.1, 0.15) is 5.76 Å². The maximum absolute atomic E-state index is 13.3. The van der Waals surface area contributed by atoms with Gasteiger partial charge >= 0.3 is 5.91 Å². The molecule has 0 radical (unpaired) electrons. The molecule has 5 aromatic rings. The lowest BCUT2D eigenvalue weighted by atomic mass is 9.95. The van der Waals surface area contributed by atoms with Crippen molar-refractivity contribution in [2.45, 2.75) is 6.04 Å². The lowest BCUT2D eigenvalue weighted by molar-refractivity contribution is -0.132. The second-order valence-corrected chi connectivity index (χ2v) is 8.09. The molecule has 0 saturated carbocycles. The average molecular weight is 446 g/mol. The zero-order chi connectivity index (χ0) is 23.2. The number of aliphatic hydroxyl groups excluding tert-OH is 1. The van der Waals surface area contributed by atoms with Crippen molar-refractivity contribution in [1.29, 1.82) is 0 Å². The van der Waals surface area contributed by atoms with E-state index in [1.165, 1.54) is 4.90 Å². The van der Waals surface area contributed by atoms with Gasteiger partial charge in [-0.3, -0.25) is 19.5 Å². The lowest BCUT2D eigenvalue weighted by Crippen LogP contribution is -2.30. The summed E-state index contributed by atoms with van der Waals surface area (Å²) in [6.07, 6.45) is 3.17. The van der Waals surface area contributed by atoms with E-state index < -0.39 is 17.7 Å². The van der Waals surface area contributed by atoms with E-state index >= 15 is 0 Å². The van der Waals surface area contributed by atoms with E-state index in [0.717, 1.165) is 16.3 Å². The van der Waals surface area contributed by atoms with Crippen LogP contribution >= 0.6 is 0 Å². The Hall–Kier alpha value is -4.78. The van der Waals surface area contributed by atoms with E-state index in [4.69, 9.17) is 0 Å². The quantitative estimate of drug-likeness (QED) is 0.237. The predicted octanol–water partition coefficient (Wildman–Crippen LogP) is 4.74. The standard InChI is InChI=1S/C27H18N4O3/c32-24(19-10-9-16-5-1-2-6-18(16)15-19)22-23(17-11-13-28-14-12-17)31(26(34)25(22)33)27-29-20-7-3-4-8-21(20)30-27/h1-15,23,32H,(H,29,30)/b24-22+. The topological polar surface area (TPSA) is 99.2 Å². The number of rotatable bonds is 3. The Morgan fingerprint density at radius 1 is 0.882 bits per heavy atom. The van der Waals surface area contributed by atoms with Gasteiger partial charge in [0.2, 0.25) is 5.95 Å². The number of aliphatic hydroxyl groups is 1. The summed E-state index contributed by atoms with van der Waals surface area (Å²) in [5.74, 6) is -1.52. The van der Waals surface area contributed by atoms with Gasteiger partial charge in [0.15, 0.2) is 0 Å². The van der Waals surface area contributed by atoms with Gasteiger partial charge in [-0.2, -0.15) is 0 Å². The summed E-state index contributed by atoms with van der Waals surface area (Å²) in [7, 11) is 0. The van der Waals surface area contributed by atoms with Crippen molar-refractivity contribution in [2.24, 2.45) is 0 Å². The fourth-order valence-electron chi connectivity index (χ4n) is 4.46. The molecule has 1 fully saturated rings. The van der Waals surface area contributed by atoms with Gasteiger partial charge in [0, 0.05) is 18.0 Å². The Morgan fingerprint density at radius 3 is 2.41 bits per heavy atom. The Kier molecular flexibility index (Phi) is 4.48. The minimum absolute atomic E-state index is 0.00642. The molecule has 2 N–H and O–H groups in total. The molecule has 3 heterocycles. The van der Waals surface area contributed by atoms with Crippen LogP contribution in [-0.4, -0.2) is 31.7 Å². The van der Waals surface area contributed by atoms with Crippen LogP contribution in [0.25, 0.3) is 27.6 Å². The highest BCUT2D eigenvalue weighted by Gasteiger charge is 2.48. The summed E-state index contributed by atoms with van der Waals surface area (Å²) < 4.78 is 0. The van der Waals surface area contributed by atoms with Gasteiger partial charge in [-0.1, -0.05) is 48.5 Å². The SMILES string of the molecule is O=C1C(=O)N(c2nc3ccccc3[nH]2)C(c2ccncc2)/C1=C(\O)c1ccc2ccccc2c1. The van der Waals surface area contributed by atoms with Crippen LogP contribution in [0, 0.1) is 0 Å². The maximum Gasteiger partial charge on any atom is 0.302 e. The molecule has 1 amide bonds. The highest BCUT2D eigenvalue weighted by atomic mass is 16.3. The van der Waals surface area contributed by atoms with Crippen LogP contribution in [-0.2, 0) is 9.59 Å². The van der Waals surface area contributed by atoms with Crippen LogP contribution in [0.1, 0.15) is 17.2 Å². The molecule has 1 aliphatic heterocycles. The van der Waals surface area contributed by atoms with Gasteiger partial charge in [0.25, 0.3) is 5.78 Å². The monoisotopic (exact) mass is 446 g/mol. The zero-order valence-corrected chi connectivity index (χ0v) is 17.8. The van der Waals surface area contributed by atoms with Crippen molar-refractivity contribution >= 4 is 45.2 Å². The number of amides is 1. The number of H-pyrrole nitrogens is 1. The second-order valence-electron chi connectivity index (χ2n) is 8.09. The number of carbonyl (C=O) groups excluding carboxylic acids is 2. The number of imidazole rings is 1. The van der Waals surface area contributed by atoms with Crippen LogP contribution in [0.5, 0.6) is 0 Å². The van der Waals surface area contributed by atoms with E-state index in [0.29, 0.717) is 16.6 Å². The van der Waals surface area contributed by atoms with Crippen molar-refractivity contribution < 1.29 is 14.7 Å². The first-order chi connectivity index (χ1) is 16.6. The molecule has 1 aliphatic rings. The maximum atomic E-state index is 13.3. The Labute approximate surface area is 194 Å². The van der Waals surface area contributed by atoms with Crippen molar-refractivity contribution in [3.8, 4) is 0 Å². The number of aromatic amines is 1. The summed E-state index contributed by atoms with van der Waals surface area (Å²) in [5.41, 5.74) is 2.51. The molecule has 1 unspecified atom stereocenters. The van der Waals surface area contributed by atoms with Gasteiger partial charge in [-0.25, -0.2) is 4.98 Å².